The normalized spacial score (nSPS) is 10.8. The van der Waals surface area contributed by atoms with E-state index in [2.05, 4.69) is 5.32 Å². The molecule has 0 atom stereocenters. The predicted octanol–water partition coefficient (Wildman–Crippen LogP) is 1.51. The molecule has 0 aliphatic carbocycles. The number of carbonyl (C=O) groups is 2. The Bertz CT molecular complexity index is 248. The van der Waals surface area contributed by atoms with Crippen LogP contribution in [0.4, 0.5) is 9.59 Å². The topological polar surface area (TPSA) is 78.9 Å². The minimum absolute atomic E-state index is 0.380. The average molecular weight is 232 g/mol. The maximum Gasteiger partial charge on any atom is 0.407 e. The number of carbonyl (C=O) groups excluding carboxylic acids is 1. The standard InChI is InChI=1S/C10H20N2O4/c1-10(2,3)16-8(13)11-6-5-7-12(4)9(14)15/h5-7H2,1-4H3,(H,11,13)(H,14,15). The van der Waals surface area contributed by atoms with E-state index in [0.717, 1.165) is 4.90 Å². The molecule has 0 unspecified atom stereocenters. The minimum atomic E-state index is -0.975. The monoisotopic (exact) mass is 232 g/mol. The summed E-state index contributed by atoms with van der Waals surface area (Å²) >= 11 is 0. The van der Waals surface area contributed by atoms with Crippen molar-refractivity contribution in [3.8, 4) is 0 Å². The Morgan fingerprint density at radius 2 is 1.94 bits per heavy atom. The Kier molecular flexibility index (Phi) is 5.63. The van der Waals surface area contributed by atoms with Crippen molar-refractivity contribution in [1.29, 1.82) is 0 Å². The molecule has 0 aromatic heterocycles. The third-order valence-corrected chi connectivity index (χ3v) is 1.67. The van der Waals surface area contributed by atoms with Gasteiger partial charge in [-0.25, -0.2) is 9.59 Å². The number of amides is 2. The molecule has 0 radical (unpaired) electrons. The third kappa shape index (κ3) is 7.90. The first-order valence-corrected chi connectivity index (χ1v) is 5.13. The summed E-state index contributed by atoms with van der Waals surface area (Å²) in [6.07, 6.45) is -0.898. The van der Waals surface area contributed by atoms with Gasteiger partial charge in [-0.15, -0.1) is 0 Å². The number of ether oxygens (including phenoxy) is 1. The van der Waals surface area contributed by atoms with E-state index < -0.39 is 17.8 Å². The maximum absolute atomic E-state index is 11.2. The van der Waals surface area contributed by atoms with Crippen LogP contribution in [0.5, 0.6) is 0 Å². The van der Waals surface area contributed by atoms with Crippen molar-refractivity contribution >= 4 is 12.2 Å². The first-order valence-electron chi connectivity index (χ1n) is 5.13. The van der Waals surface area contributed by atoms with Crippen LogP contribution in [0.2, 0.25) is 0 Å². The van der Waals surface area contributed by atoms with E-state index in [1.807, 2.05) is 0 Å². The molecular formula is C10H20N2O4. The second kappa shape index (κ2) is 6.19. The molecule has 0 spiro atoms. The molecule has 16 heavy (non-hydrogen) atoms. The quantitative estimate of drug-likeness (QED) is 0.720. The van der Waals surface area contributed by atoms with Gasteiger partial charge in [-0.1, -0.05) is 0 Å². The van der Waals surface area contributed by atoms with Crippen LogP contribution in [0.15, 0.2) is 0 Å². The van der Waals surface area contributed by atoms with E-state index in [1.54, 1.807) is 20.8 Å². The lowest BCUT2D eigenvalue weighted by molar-refractivity contribution is 0.0526. The van der Waals surface area contributed by atoms with Crippen LogP contribution in [0, 0.1) is 0 Å². The fourth-order valence-corrected chi connectivity index (χ4v) is 0.916. The van der Waals surface area contributed by atoms with Crippen molar-refractivity contribution in [3.63, 3.8) is 0 Å². The van der Waals surface area contributed by atoms with Crippen LogP contribution in [0.3, 0.4) is 0 Å². The second-order valence-electron chi connectivity index (χ2n) is 4.49. The summed E-state index contributed by atoms with van der Waals surface area (Å²) in [5, 5.41) is 11.1. The van der Waals surface area contributed by atoms with Crippen LogP contribution in [0.25, 0.3) is 0 Å². The smallest absolute Gasteiger partial charge is 0.407 e. The lowest BCUT2D eigenvalue weighted by atomic mass is 10.2. The zero-order chi connectivity index (χ0) is 12.8. The van der Waals surface area contributed by atoms with Gasteiger partial charge in [0.05, 0.1) is 0 Å². The number of carboxylic acid groups (broad SMARTS) is 1. The molecule has 94 valence electrons. The van der Waals surface area contributed by atoms with Gasteiger partial charge in [0.15, 0.2) is 0 Å². The predicted molar refractivity (Wildman–Crippen MR) is 59.5 cm³/mol. The summed E-state index contributed by atoms with van der Waals surface area (Å²) in [5.74, 6) is 0. The van der Waals surface area contributed by atoms with E-state index >= 15 is 0 Å². The molecule has 0 aromatic carbocycles. The summed E-state index contributed by atoms with van der Waals surface area (Å²) in [6, 6.07) is 0. The van der Waals surface area contributed by atoms with Gasteiger partial charge in [-0.2, -0.15) is 0 Å². The van der Waals surface area contributed by atoms with Crippen LogP contribution >= 0.6 is 0 Å². The molecule has 0 bridgehead atoms. The molecule has 0 aliphatic rings. The molecule has 0 fully saturated rings. The number of rotatable bonds is 4. The Labute approximate surface area is 95.6 Å². The van der Waals surface area contributed by atoms with Gasteiger partial charge < -0.3 is 20.1 Å². The average Bonchev–Trinajstić information content (AvgIpc) is 2.08. The summed E-state index contributed by atoms with van der Waals surface area (Å²) in [6.45, 7) is 6.12. The van der Waals surface area contributed by atoms with Crippen molar-refractivity contribution in [3.05, 3.63) is 0 Å². The molecule has 0 aliphatic heterocycles. The second-order valence-corrected chi connectivity index (χ2v) is 4.49. The summed E-state index contributed by atoms with van der Waals surface area (Å²) in [4.78, 5) is 22.8. The number of hydrogen-bond acceptors (Lipinski definition) is 3. The molecule has 0 aromatic rings. The molecular weight excluding hydrogens is 212 g/mol. The van der Waals surface area contributed by atoms with E-state index in [0.29, 0.717) is 19.5 Å². The van der Waals surface area contributed by atoms with E-state index in [1.165, 1.54) is 7.05 Å². The molecule has 0 heterocycles. The fourth-order valence-electron chi connectivity index (χ4n) is 0.916. The lowest BCUT2D eigenvalue weighted by Crippen LogP contribution is -2.34. The van der Waals surface area contributed by atoms with Crippen LogP contribution in [-0.2, 0) is 4.74 Å². The number of nitrogens with zero attached hydrogens (tertiary/aromatic N) is 1. The molecule has 0 saturated carbocycles. The Hall–Kier alpha value is -1.46. The SMILES string of the molecule is CN(CCCNC(=O)OC(C)(C)C)C(=O)O. The number of nitrogens with one attached hydrogen (secondary N) is 1. The summed E-state index contributed by atoms with van der Waals surface area (Å²) in [5.41, 5.74) is -0.512. The first-order chi connectivity index (χ1) is 7.22. The zero-order valence-electron chi connectivity index (χ0n) is 10.2. The van der Waals surface area contributed by atoms with Gasteiger partial charge in [0, 0.05) is 20.1 Å². The highest BCUT2D eigenvalue weighted by molar-refractivity contribution is 5.67. The highest BCUT2D eigenvalue weighted by Gasteiger charge is 2.15. The molecule has 2 amide bonds. The van der Waals surface area contributed by atoms with Crippen molar-refractivity contribution in [2.24, 2.45) is 0 Å². The van der Waals surface area contributed by atoms with Gasteiger partial charge in [0.25, 0.3) is 0 Å². The fraction of sp³-hybridized carbons (Fsp3) is 0.800. The van der Waals surface area contributed by atoms with Gasteiger partial charge in [0.1, 0.15) is 5.60 Å². The number of hydrogen-bond donors (Lipinski definition) is 2. The maximum atomic E-state index is 11.2. The van der Waals surface area contributed by atoms with Crippen molar-refractivity contribution in [2.45, 2.75) is 32.8 Å². The van der Waals surface area contributed by atoms with Crippen molar-refractivity contribution < 1.29 is 19.4 Å². The van der Waals surface area contributed by atoms with Gasteiger partial charge in [-0.3, -0.25) is 0 Å². The van der Waals surface area contributed by atoms with Crippen molar-refractivity contribution in [2.75, 3.05) is 20.1 Å². The third-order valence-electron chi connectivity index (χ3n) is 1.67. The van der Waals surface area contributed by atoms with Gasteiger partial charge in [-0.05, 0) is 27.2 Å². The lowest BCUT2D eigenvalue weighted by Gasteiger charge is -2.20. The highest BCUT2D eigenvalue weighted by atomic mass is 16.6. The first kappa shape index (κ1) is 14.5. The van der Waals surface area contributed by atoms with Crippen LogP contribution in [-0.4, -0.2) is 47.9 Å². The van der Waals surface area contributed by atoms with E-state index in [-0.39, 0.29) is 0 Å². The largest absolute Gasteiger partial charge is 0.465 e. The Balaban J connectivity index is 3.60. The Morgan fingerprint density at radius 1 is 1.38 bits per heavy atom. The molecule has 2 N–H and O–H groups in total. The summed E-state index contributed by atoms with van der Waals surface area (Å²) < 4.78 is 5.01. The summed E-state index contributed by atoms with van der Waals surface area (Å²) in [7, 11) is 1.48. The Morgan fingerprint density at radius 3 is 2.38 bits per heavy atom. The number of alkyl carbamates (subject to hydrolysis) is 1. The van der Waals surface area contributed by atoms with E-state index in [9.17, 15) is 9.59 Å². The molecule has 6 heteroatoms. The van der Waals surface area contributed by atoms with Gasteiger partial charge in [0.2, 0.25) is 0 Å². The van der Waals surface area contributed by atoms with Crippen molar-refractivity contribution in [1.82, 2.24) is 10.2 Å². The van der Waals surface area contributed by atoms with Gasteiger partial charge >= 0.3 is 12.2 Å². The van der Waals surface area contributed by atoms with Crippen LogP contribution < -0.4 is 5.32 Å². The molecule has 0 rings (SSSR count). The zero-order valence-corrected chi connectivity index (χ0v) is 10.2. The molecule has 6 nitrogen and oxygen atoms in total. The molecule has 0 saturated heterocycles. The highest BCUT2D eigenvalue weighted by Crippen LogP contribution is 2.06. The minimum Gasteiger partial charge on any atom is -0.465 e. The van der Waals surface area contributed by atoms with E-state index in [4.69, 9.17) is 9.84 Å². The van der Waals surface area contributed by atoms with Crippen LogP contribution in [0.1, 0.15) is 27.2 Å².